The first kappa shape index (κ1) is 17.3. The van der Waals surface area contributed by atoms with Crippen LogP contribution in [0.2, 0.25) is 5.02 Å². The maximum Gasteiger partial charge on any atom is 0.323 e. The fourth-order valence-electron chi connectivity index (χ4n) is 2.06. The Kier molecular flexibility index (Phi) is 6.51. The zero-order chi connectivity index (χ0) is 15.9. The van der Waals surface area contributed by atoms with E-state index in [0.717, 1.165) is 24.9 Å². The summed E-state index contributed by atoms with van der Waals surface area (Å²) >= 11 is 5.96. The number of unbranched alkanes of at least 4 members (excludes halogenated alkanes) is 1. The molecule has 4 nitrogen and oxygen atoms in total. The first-order valence-electron chi connectivity index (χ1n) is 6.97. The van der Waals surface area contributed by atoms with Gasteiger partial charge in [-0.05, 0) is 44.9 Å². The lowest BCUT2D eigenvalue weighted by Crippen LogP contribution is -2.30. The monoisotopic (exact) mass is 308 g/mol. The Morgan fingerprint density at radius 3 is 2.71 bits per heavy atom. The quantitative estimate of drug-likeness (QED) is 0.738. The van der Waals surface area contributed by atoms with Crippen molar-refractivity contribution < 1.29 is 9.90 Å². The van der Waals surface area contributed by atoms with Crippen LogP contribution in [-0.2, 0) is 4.79 Å². The molecular weight excluding hydrogens is 288 g/mol. The average molecular weight is 309 g/mol. The van der Waals surface area contributed by atoms with E-state index in [0.29, 0.717) is 11.6 Å². The van der Waals surface area contributed by atoms with Gasteiger partial charge in [0.2, 0.25) is 0 Å². The van der Waals surface area contributed by atoms with Gasteiger partial charge in [0.05, 0.1) is 11.5 Å². The van der Waals surface area contributed by atoms with Gasteiger partial charge in [0.1, 0.15) is 6.54 Å². The van der Waals surface area contributed by atoms with Crippen molar-refractivity contribution >= 4 is 23.3 Å². The number of rotatable bonds is 8. The van der Waals surface area contributed by atoms with Crippen LogP contribution in [0, 0.1) is 16.7 Å². The smallest absolute Gasteiger partial charge is 0.323 e. The molecule has 0 saturated carbocycles. The molecule has 114 valence electrons. The number of carbonyl (C=O) groups is 1. The Bertz CT molecular complexity index is 523. The van der Waals surface area contributed by atoms with Crippen LogP contribution in [0.3, 0.4) is 0 Å². The van der Waals surface area contributed by atoms with Crippen LogP contribution in [-0.4, -0.2) is 24.2 Å². The molecule has 0 fully saturated rings. The molecule has 1 aromatic rings. The maximum atomic E-state index is 11.0. The molecule has 0 aliphatic heterocycles. The third kappa shape index (κ3) is 6.50. The molecule has 0 heterocycles. The largest absolute Gasteiger partial charge is 0.480 e. The van der Waals surface area contributed by atoms with Gasteiger partial charge in [0, 0.05) is 17.3 Å². The molecule has 0 saturated heterocycles. The number of hydrogen-bond acceptors (Lipinski definition) is 3. The van der Waals surface area contributed by atoms with Crippen molar-refractivity contribution in [3.8, 4) is 6.07 Å². The molecule has 0 radical (unpaired) electrons. The molecule has 0 spiro atoms. The number of carboxylic acid groups (broad SMARTS) is 1. The number of nitrogens with zero attached hydrogens (tertiary/aromatic N) is 2. The van der Waals surface area contributed by atoms with Crippen LogP contribution in [0.25, 0.3) is 0 Å². The van der Waals surface area contributed by atoms with E-state index in [2.05, 4.69) is 6.07 Å². The van der Waals surface area contributed by atoms with Gasteiger partial charge < -0.3 is 10.0 Å². The third-order valence-corrected chi connectivity index (χ3v) is 3.52. The fraction of sp³-hybridized carbons (Fsp3) is 0.500. The second kappa shape index (κ2) is 7.90. The van der Waals surface area contributed by atoms with E-state index in [1.165, 1.54) is 0 Å². The molecule has 21 heavy (non-hydrogen) atoms. The topological polar surface area (TPSA) is 64.3 Å². The number of carboxylic acids is 1. The minimum atomic E-state index is -0.868. The predicted molar refractivity (Wildman–Crippen MR) is 84.5 cm³/mol. The molecule has 0 amide bonds. The fourth-order valence-corrected chi connectivity index (χ4v) is 2.25. The summed E-state index contributed by atoms with van der Waals surface area (Å²) in [5.74, 6) is -0.868. The number of benzene rings is 1. The lowest BCUT2D eigenvalue weighted by molar-refractivity contribution is -0.135. The minimum absolute atomic E-state index is 0.0536. The molecule has 0 unspecified atom stereocenters. The molecule has 0 aliphatic rings. The van der Waals surface area contributed by atoms with Crippen molar-refractivity contribution in [3.05, 3.63) is 29.3 Å². The van der Waals surface area contributed by atoms with Crippen LogP contribution in [0.15, 0.2) is 24.3 Å². The first-order chi connectivity index (χ1) is 9.84. The summed E-state index contributed by atoms with van der Waals surface area (Å²) in [6.07, 6.45) is 2.53. The molecule has 1 N–H and O–H groups in total. The summed E-state index contributed by atoms with van der Waals surface area (Å²) in [5, 5.41) is 18.6. The van der Waals surface area contributed by atoms with Crippen molar-refractivity contribution in [2.45, 2.75) is 33.1 Å². The Labute approximate surface area is 130 Å². The predicted octanol–water partition coefficient (Wildman–Crippen LogP) is 3.95. The summed E-state index contributed by atoms with van der Waals surface area (Å²) in [7, 11) is 0. The summed E-state index contributed by atoms with van der Waals surface area (Å²) in [5.41, 5.74) is 0.484. The lowest BCUT2D eigenvalue weighted by atomic mass is 9.89. The van der Waals surface area contributed by atoms with Crippen molar-refractivity contribution in [1.82, 2.24) is 0 Å². The van der Waals surface area contributed by atoms with E-state index < -0.39 is 5.97 Å². The molecule has 1 aromatic carbocycles. The van der Waals surface area contributed by atoms with Gasteiger partial charge in [0.15, 0.2) is 0 Å². The van der Waals surface area contributed by atoms with Crippen molar-refractivity contribution in [2.75, 3.05) is 18.0 Å². The molecule has 0 aliphatic carbocycles. The number of hydrogen-bond donors (Lipinski definition) is 1. The first-order valence-corrected chi connectivity index (χ1v) is 7.35. The van der Waals surface area contributed by atoms with Crippen molar-refractivity contribution in [1.29, 1.82) is 5.26 Å². The zero-order valence-corrected chi connectivity index (χ0v) is 13.2. The van der Waals surface area contributed by atoms with Crippen LogP contribution in [0.5, 0.6) is 0 Å². The minimum Gasteiger partial charge on any atom is -0.480 e. The van der Waals surface area contributed by atoms with Crippen LogP contribution in [0.1, 0.15) is 33.1 Å². The van der Waals surface area contributed by atoms with Crippen molar-refractivity contribution in [3.63, 3.8) is 0 Å². The number of aliphatic carboxylic acids is 1. The van der Waals surface area contributed by atoms with E-state index in [1.807, 2.05) is 26.0 Å². The standard InChI is InChI=1S/C16H21ClN2O2/c1-16(2,12-18)8-3-4-9-19(11-15(20)21)14-7-5-6-13(17)10-14/h5-7,10H,3-4,8-9,11H2,1-2H3,(H,20,21). The average Bonchev–Trinajstić information content (AvgIpc) is 2.42. The highest BCUT2D eigenvalue weighted by molar-refractivity contribution is 6.30. The van der Waals surface area contributed by atoms with Gasteiger partial charge in [-0.1, -0.05) is 24.1 Å². The highest BCUT2D eigenvalue weighted by atomic mass is 35.5. The normalized spacial score (nSPS) is 11.0. The van der Waals surface area contributed by atoms with Crippen LogP contribution >= 0.6 is 11.6 Å². The summed E-state index contributed by atoms with van der Waals surface area (Å²) in [4.78, 5) is 12.8. The van der Waals surface area contributed by atoms with Crippen LogP contribution < -0.4 is 4.90 Å². The zero-order valence-electron chi connectivity index (χ0n) is 12.5. The number of nitriles is 1. The molecule has 0 aromatic heterocycles. The van der Waals surface area contributed by atoms with Gasteiger partial charge in [-0.3, -0.25) is 4.79 Å². The van der Waals surface area contributed by atoms with E-state index in [4.69, 9.17) is 22.0 Å². The SMILES string of the molecule is CC(C)(C#N)CCCCN(CC(=O)O)c1cccc(Cl)c1. The van der Waals surface area contributed by atoms with Gasteiger partial charge in [-0.25, -0.2) is 0 Å². The van der Waals surface area contributed by atoms with Gasteiger partial charge >= 0.3 is 5.97 Å². The van der Waals surface area contributed by atoms with Crippen LogP contribution in [0.4, 0.5) is 5.69 Å². The van der Waals surface area contributed by atoms with E-state index in [1.54, 1.807) is 17.0 Å². The van der Waals surface area contributed by atoms with E-state index in [-0.39, 0.29) is 12.0 Å². The second-order valence-corrected chi connectivity index (χ2v) is 6.18. The van der Waals surface area contributed by atoms with E-state index in [9.17, 15) is 4.79 Å². The Morgan fingerprint density at radius 1 is 1.43 bits per heavy atom. The highest BCUT2D eigenvalue weighted by Crippen LogP contribution is 2.23. The number of halogens is 1. The summed E-state index contributed by atoms with van der Waals surface area (Å²) < 4.78 is 0. The number of anilines is 1. The maximum absolute atomic E-state index is 11.0. The third-order valence-electron chi connectivity index (χ3n) is 3.28. The Balaban J connectivity index is 2.60. The lowest BCUT2D eigenvalue weighted by Gasteiger charge is -2.23. The highest BCUT2D eigenvalue weighted by Gasteiger charge is 2.16. The summed E-state index contributed by atoms with van der Waals surface area (Å²) in [6.45, 7) is 4.41. The Hall–Kier alpha value is -1.73. The Morgan fingerprint density at radius 2 is 2.14 bits per heavy atom. The molecular formula is C16H21ClN2O2. The van der Waals surface area contributed by atoms with Crippen molar-refractivity contribution in [2.24, 2.45) is 5.41 Å². The van der Waals surface area contributed by atoms with Gasteiger partial charge in [0.25, 0.3) is 0 Å². The van der Waals surface area contributed by atoms with Gasteiger partial charge in [-0.2, -0.15) is 5.26 Å². The molecule has 0 atom stereocenters. The van der Waals surface area contributed by atoms with Gasteiger partial charge in [-0.15, -0.1) is 0 Å². The molecule has 0 bridgehead atoms. The summed E-state index contributed by atoms with van der Waals surface area (Å²) in [6, 6.07) is 9.47. The molecule has 5 heteroatoms. The molecule has 1 rings (SSSR count). The van der Waals surface area contributed by atoms with E-state index >= 15 is 0 Å². The second-order valence-electron chi connectivity index (χ2n) is 5.75.